The molecule has 1 N–H and O–H groups in total. The fourth-order valence-corrected chi connectivity index (χ4v) is 5.16. The van der Waals surface area contributed by atoms with Crippen molar-refractivity contribution in [2.75, 3.05) is 39.3 Å². The van der Waals surface area contributed by atoms with Gasteiger partial charge < -0.3 is 15.0 Å². The van der Waals surface area contributed by atoms with Gasteiger partial charge in [0, 0.05) is 39.3 Å². The number of fused-ring (bicyclic) bond motifs is 1. The minimum atomic E-state index is 0. The maximum Gasteiger partial charge on any atom is 0.194 e. The van der Waals surface area contributed by atoms with Crippen LogP contribution in [0.3, 0.4) is 0 Å². The number of ether oxygens (including phenoxy) is 1. The van der Waals surface area contributed by atoms with Crippen LogP contribution in [0.25, 0.3) is 0 Å². The molecule has 2 aliphatic carbocycles. The molecule has 0 aromatic heterocycles. The summed E-state index contributed by atoms with van der Waals surface area (Å²) >= 11 is 0. The molecule has 0 spiro atoms. The predicted octanol–water partition coefficient (Wildman–Crippen LogP) is 3.35. The van der Waals surface area contributed by atoms with Gasteiger partial charge in [0.25, 0.3) is 0 Å². The van der Waals surface area contributed by atoms with E-state index in [-0.39, 0.29) is 24.0 Å². The third-order valence-corrected chi connectivity index (χ3v) is 7.16. The van der Waals surface area contributed by atoms with Gasteiger partial charge in [-0.05, 0) is 49.5 Å². The molecule has 1 aromatic rings. The summed E-state index contributed by atoms with van der Waals surface area (Å²) in [4.78, 5) is 10.2. The van der Waals surface area contributed by atoms with Gasteiger partial charge >= 0.3 is 0 Å². The van der Waals surface area contributed by atoms with Gasteiger partial charge in [0.05, 0.1) is 18.8 Å². The van der Waals surface area contributed by atoms with Crippen LogP contribution in [-0.2, 0) is 11.3 Å². The van der Waals surface area contributed by atoms with Gasteiger partial charge in [-0.3, -0.25) is 9.89 Å². The van der Waals surface area contributed by atoms with Gasteiger partial charge in [-0.25, -0.2) is 0 Å². The van der Waals surface area contributed by atoms with E-state index in [1.807, 2.05) is 0 Å². The van der Waals surface area contributed by atoms with E-state index in [9.17, 15) is 0 Å². The Morgan fingerprint density at radius 2 is 2.00 bits per heavy atom. The van der Waals surface area contributed by atoms with Gasteiger partial charge in [-0.15, -0.1) is 24.0 Å². The van der Waals surface area contributed by atoms with Crippen molar-refractivity contribution < 1.29 is 4.74 Å². The van der Waals surface area contributed by atoms with E-state index in [1.165, 1.54) is 31.2 Å². The molecule has 160 valence electrons. The SMILES string of the molecule is CCNC(=NCC1(C2CC2)CC1)N1CC2OCCN(Cc3ccccc3)C2C1.I. The van der Waals surface area contributed by atoms with Crippen molar-refractivity contribution in [2.45, 2.75) is 51.3 Å². The Hall–Kier alpha value is -0.860. The second-order valence-electron chi connectivity index (χ2n) is 9.14. The second kappa shape index (κ2) is 9.10. The molecule has 6 heteroatoms. The summed E-state index contributed by atoms with van der Waals surface area (Å²) in [6.45, 7) is 8.94. The number of guanidine groups is 1. The topological polar surface area (TPSA) is 40.1 Å². The third-order valence-electron chi connectivity index (χ3n) is 7.16. The van der Waals surface area contributed by atoms with Crippen molar-refractivity contribution >= 4 is 29.9 Å². The molecule has 2 unspecified atom stereocenters. The molecule has 2 atom stereocenters. The first kappa shape index (κ1) is 21.4. The molecule has 2 heterocycles. The molecule has 0 amide bonds. The summed E-state index contributed by atoms with van der Waals surface area (Å²) in [6, 6.07) is 11.3. The Kier molecular flexibility index (Phi) is 6.71. The fourth-order valence-electron chi connectivity index (χ4n) is 5.16. The molecule has 2 saturated heterocycles. The van der Waals surface area contributed by atoms with Crippen molar-refractivity contribution in [1.29, 1.82) is 0 Å². The molecule has 4 fully saturated rings. The Morgan fingerprint density at radius 3 is 2.69 bits per heavy atom. The Bertz CT molecular complexity index is 704. The normalized spacial score (nSPS) is 28.6. The van der Waals surface area contributed by atoms with Crippen LogP contribution in [0.15, 0.2) is 35.3 Å². The van der Waals surface area contributed by atoms with Crippen molar-refractivity contribution in [3.63, 3.8) is 0 Å². The van der Waals surface area contributed by atoms with Gasteiger partial charge in [0.1, 0.15) is 0 Å². The first-order valence-electron chi connectivity index (χ1n) is 11.2. The fraction of sp³-hybridized carbons (Fsp3) is 0.696. The number of aliphatic imine (C=N–C) groups is 1. The lowest BCUT2D eigenvalue weighted by Crippen LogP contribution is -2.50. The summed E-state index contributed by atoms with van der Waals surface area (Å²) in [6.07, 6.45) is 5.93. The molecular formula is C23H35IN4O. The average molecular weight is 510 g/mol. The molecule has 2 saturated carbocycles. The van der Waals surface area contributed by atoms with E-state index >= 15 is 0 Å². The van der Waals surface area contributed by atoms with Crippen LogP contribution >= 0.6 is 24.0 Å². The third kappa shape index (κ3) is 4.74. The van der Waals surface area contributed by atoms with Crippen LogP contribution < -0.4 is 5.32 Å². The highest BCUT2D eigenvalue weighted by Crippen LogP contribution is 2.61. The van der Waals surface area contributed by atoms with Crippen LogP contribution in [0.4, 0.5) is 0 Å². The van der Waals surface area contributed by atoms with E-state index in [4.69, 9.17) is 9.73 Å². The summed E-state index contributed by atoms with van der Waals surface area (Å²) in [5.41, 5.74) is 1.95. The lowest BCUT2D eigenvalue weighted by Gasteiger charge is -2.36. The first-order valence-corrected chi connectivity index (χ1v) is 11.2. The summed E-state index contributed by atoms with van der Waals surface area (Å²) < 4.78 is 6.17. The number of hydrogen-bond donors (Lipinski definition) is 1. The lowest BCUT2D eigenvalue weighted by molar-refractivity contribution is -0.0502. The summed E-state index contributed by atoms with van der Waals surface area (Å²) in [5.74, 6) is 2.07. The first-order chi connectivity index (χ1) is 13.8. The number of rotatable bonds is 6. The van der Waals surface area contributed by atoms with E-state index in [2.05, 4.69) is 52.4 Å². The molecule has 0 radical (unpaired) electrons. The van der Waals surface area contributed by atoms with Crippen molar-refractivity contribution in [1.82, 2.24) is 15.1 Å². The second-order valence-corrected chi connectivity index (χ2v) is 9.14. The minimum Gasteiger partial charge on any atom is -0.373 e. The molecular weight excluding hydrogens is 475 g/mol. The van der Waals surface area contributed by atoms with Crippen LogP contribution in [0.2, 0.25) is 0 Å². The standard InChI is InChI=1S/C23H34N4O.HI/c1-2-24-22(25-17-23(10-11-23)19-8-9-19)27-15-20-21(16-27)28-13-12-26(20)14-18-6-4-3-5-7-18;/h3-7,19-21H,2,8-17H2,1H3,(H,24,25);1H. The predicted molar refractivity (Wildman–Crippen MR) is 128 cm³/mol. The largest absolute Gasteiger partial charge is 0.373 e. The highest BCUT2D eigenvalue weighted by Gasteiger charge is 2.53. The van der Waals surface area contributed by atoms with Gasteiger partial charge in [-0.1, -0.05) is 30.3 Å². The van der Waals surface area contributed by atoms with Crippen LogP contribution in [0.5, 0.6) is 0 Å². The monoisotopic (exact) mass is 510 g/mol. The summed E-state index contributed by atoms with van der Waals surface area (Å²) in [7, 11) is 0. The number of morpholine rings is 1. The highest BCUT2D eigenvalue weighted by molar-refractivity contribution is 14.0. The number of nitrogens with zero attached hydrogens (tertiary/aromatic N) is 3. The van der Waals surface area contributed by atoms with Gasteiger partial charge in [0.15, 0.2) is 5.96 Å². The van der Waals surface area contributed by atoms with Gasteiger partial charge in [-0.2, -0.15) is 0 Å². The smallest absolute Gasteiger partial charge is 0.194 e. The molecule has 2 aliphatic heterocycles. The molecule has 5 rings (SSSR count). The number of hydrogen-bond acceptors (Lipinski definition) is 3. The maximum atomic E-state index is 6.17. The minimum absolute atomic E-state index is 0. The zero-order valence-corrected chi connectivity index (χ0v) is 19.9. The molecule has 0 bridgehead atoms. The molecule has 5 nitrogen and oxygen atoms in total. The molecule has 29 heavy (non-hydrogen) atoms. The number of halogens is 1. The Balaban J connectivity index is 0.00000205. The van der Waals surface area contributed by atoms with Crippen LogP contribution in [-0.4, -0.2) is 67.2 Å². The van der Waals surface area contributed by atoms with Crippen LogP contribution in [0, 0.1) is 11.3 Å². The summed E-state index contributed by atoms with van der Waals surface area (Å²) in [5, 5.41) is 3.56. The van der Waals surface area contributed by atoms with Gasteiger partial charge in [0.2, 0.25) is 0 Å². The van der Waals surface area contributed by atoms with E-state index in [0.29, 0.717) is 17.6 Å². The Labute approximate surface area is 192 Å². The number of benzene rings is 1. The zero-order chi connectivity index (χ0) is 19.0. The lowest BCUT2D eigenvalue weighted by atomic mass is 10.0. The van der Waals surface area contributed by atoms with Crippen molar-refractivity contribution in [2.24, 2.45) is 16.3 Å². The van der Waals surface area contributed by atoms with E-state index in [1.54, 1.807) is 0 Å². The van der Waals surface area contributed by atoms with E-state index in [0.717, 1.165) is 57.8 Å². The Morgan fingerprint density at radius 1 is 1.21 bits per heavy atom. The highest BCUT2D eigenvalue weighted by atomic mass is 127. The average Bonchev–Trinajstić information content (AvgIpc) is 3.63. The van der Waals surface area contributed by atoms with E-state index < -0.39 is 0 Å². The van der Waals surface area contributed by atoms with Crippen molar-refractivity contribution in [3.8, 4) is 0 Å². The quantitative estimate of drug-likeness (QED) is 0.362. The number of nitrogens with one attached hydrogen (secondary N) is 1. The maximum absolute atomic E-state index is 6.17. The molecule has 4 aliphatic rings. The molecule has 1 aromatic carbocycles. The number of likely N-dealkylation sites (tertiary alicyclic amines) is 1. The zero-order valence-electron chi connectivity index (χ0n) is 17.6. The van der Waals surface area contributed by atoms with Crippen molar-refractivity contribution in [3.05, 3.63) is 35.9 Å². The van der Waals surface area contributed by atoms with Crippen LogP contribution in [0.1, 0.15) is 38.2 Å².